The van der Waals surface area contributed by atoms with E-state index in [0.29, 0.717) is 35.1 Å². The molecule has 1 fully saturated rings. The Hall–Kier alpha value is -3.72. The molecule has 1 N–H and O–H groups in total. The van der Waals surface area contributed by atoms with Gasteiger partial charge in [0.2, 0.25) is 5.91 Å². The summed E-state index contributed by atoms with van der Waals surface area (Å²) in [6, 6.07) is 13.1. The number of pyridine rings is 1. The van der Waals surface area contributed by atoms with Crippen LogP contribution in [0.15, 0.2) is 65.8 Å². The lowest BCUT2D eigenvalue weighted by Gasteiger charge is -2.22. The Kier molecular flexibility index (Phi) is 7.70. The van der Waals surface area contributed by atoms with Gasteiger partial charge in [-0.1, -0.05) is 43.0 Å². The Bertz CT molecular complexity index is 1610. The van der Waals surface area contributed by atoms with Crippen LogP contribution >= 0.6 is 0 Å². The second-order valence-electron chi connectivity index (χ2n) is 10.2. The van der Waals surface area contributed by atoms with Crippen LogP contribution in [0.25, 0.3) is 11.0 Å². The molecule has 5 rings (SSSR count). The van der Waals surface area contributed by atoms with Crippen molar-refractivity contribution in [1.29, 1.82) is 0 Å². The van der Waals surface area contributed by atoms with Gasteiger partial charge < -0.3 is 10.1 Å². The standard InChI is InChI=1S/C30H32FN3O4S/c1-20-8-12-24(13-9-20)39(36,37)34-19-21(2)29-27(16-17-32-30(29)34)38-26-14-10-22(18-25(26)31)11-15-28(35)33-23-6-4-3-5-7-23/h8-10,12-14,16-19,23H,3-7,11,15H2,1-2H3,(H,33,35). The number of hydrogen-bond acceptors (Lipinski definition) is 5. The van der Waals surface area contributed by atoms with Crippen LogP contribution in [0, 0.1) is 19.7 Å². The highest BCUT2D eigenvalue weighted by Gasteiger charge is 2.23. The summed E-state index contributed by atoms with van der Waals surface area (Å²) in [6.45, 7) is 3.65. The molecular formula is C30H32FN3O4S. The zero-order valence-corrected chi connectivity index (χ0v) is 22.9. The number of amides is 1. The molecule has 1 saturated carbocycles. The first-order valence-corrected chi connectivity index (χ1v) is 14.7. The minimum atomic E-state index is -3.90. The molecule has 0 radical (unpaired) electrons. The van der Waals surface area contributed by atoms with Gasteiger partial charge in [-0.2, -0.15) is 0 Å². The molecule has 2 heterocycles. The van der Waals surface area contributed by atoms with Gasteiger partial charge in [0, 0.05) is 24.9 Å². The fraction of sp³-hybridized carbons (Fsp3) is 0.333. The molecule has 0 atom stereocenters. The van der Waals surface area contributed by atoms with Gasteiger partial charge in [0.1, 0.15) is 5.75 Å². The zero-order chi connectivity index (χ0) is 27.6. The Morgan fingerprint density at radius 2 is 1.79 bits per heavy atom. The van der Waals surface area contributed by atoms with Crippen molar-refractivity contribution in [3.8, 4) is 11.5 Å². The van der Waals surface area contributed by atoms with Crippen molar-refractivity contribution in [3.05, 3.63) is 83.4 Å². The maximum Gasteiger partial charge on any atom is 0.269 e. The van der Waals surface area contributed by atoms with Crippen molar-refractivity contribution < 1.29 is 22.3 Å². The van der Waals surface area contributed by atoms with Crippen molar-refractivity contribution in [2.45, 2.75) is 69.7 Å². The average Bonchev–Trinajstić information content (AvgIpc) is 3.28. The second kappa shape index (κ2) is 11.2. The Balaban J connectivity index is 1.33. The van der Waals surface area contributed by atoms with Crippen LogP contribution in [-0.2, 0) is 21.2 Å². The average molecular weight is 550 g/mol. The quantitative estimate of drug-likeness (QED) is 0.283. The predicted molar refractivity (Wildman–Crippen MR) is 148 cm³/mol. The van der Waals surface area contributed by atoms with Gasteiger partial charge in [0.15, 0.2) is 17.2 Å². The lowest BCUT2D eigenvalue weighted by atomic mass is 9.95. The van der Waals surface area contributed by atoms with Crippen LogP contribution in [0.4, 0.5) is 4.39 Å². The normalized spacial score (nSPS) is 14.4. The Morgan fingerprint density at radius 3 is 2.51 bits per heavy atom. The smallest absolute Gasteiger partial charge is 0.269 e. The third kappa shape index (κ3) is 5.83. The van der Waals surface area contributed by atoms with E-state index >= 15 is 4.39 Å². The summed E-state index contributed by atoms with van der Waals surface area (Å²) in [4.78, 5) is 16.8. The summed E-state index contributed by atoms with van der Waals surface area (Å²) in [7, 11) is -3.90. The van der Waals surface area contributed by atoms with E-state index in [0.717, 1.165) is 35.2 Å². The van der Waals surface area contributed by atoms with Gasteiger partial charge in [0.05, 0.1) is 10.3 Å². The molecule has 39 heavy (non-hydrogen) atoms. The van der Waals surface area contributed by atoms with Crippen LogP contribution in [0.2, 0.25) is 0 Å². The molecule has 9 heteroatoms. The molecule has 4 aromatic rings. The van der Waals surface area contributed by atoms with E-state index < -0.39 is 15.8 Å². The molecule has 2 aromatic carbocycles. The molecule has 1 amide bonds. The lowest BCUT2D eigenvalue weighted by Crippen LogP contribution is -2.36. The number of benzene rings is 2. The van der Waals surface area contributed by atoms with E-state index in [1.807, 2.05) is 6.92 Å². The number of hydrogen-bond donors (Lipinski definition) is 1. The molecule has 0 unspecified atom stereocenters. The number of nitrogens with zero attached hydrogens (tertiary/aromatic N) is 2. The fourth-order valence-corrected chi connectivity index (χ4v) is 6.44. The highest BCUT2D eigenvalue weighted by atomic mass is 32.2. The summed E-state index contributed by atoms with van der Waals surface area (Å²) >= 11 is 0. The van der Waals surface area contributed by atoms with Crippen molar-refractivity contribution in [2.24, 2.45) is 0 Å². The van der Waals surface area contributed by atoms with Gasteiger partial charge >= 0.3 is 0 Å². The first kappa shape index (κ1) is 26.9. The monoisotopic (exact) mass is 549 g/mol. The van der Waals surface area contributed by atoms with Gasteiger partial charge in [-0.25, -0.2) is 21.8 Å². The van der Waals surface area contributed by atoms with Crippen LogP contribution in [0.5, 0.6) is 11.5 Å². The summed E-state index contributed by atoms with van der Waals surface area (Å²) in [5, 5.41) is 3.57. The maximum absolute atomic E-state index is 15.0. The number of nitrogens with one attached hydrogen (secondary N) is 1. The van der Waals surface area contributed by atoms with Gasteiger partial charge in [-0.15, -0.1) is 0 Å². The third-order valence-corrected chi connectivity index (χ3v) is 8.88. The number of ether oxygens (including phenoxy) is 1. The SMILES string of the molecule is Cc1ccc(S(=O)(=O)n2cc(C)c3c(Oc4ccc(CCC(=O)NC5CCCCC5)cc4F)ccnc32)cc1. The summed E-state index contributed by atoms with van der Waals surface area (Å²) < 4.78 is 48.8. The molecule has 204 valence electrons. The number of carbonyl (C=O) groups is 1. The number of halogens is 1. The second-order valence-corrected chi connectivity index (χ2v) is 12.0. The molecule has 0 aliphatic heterocycles. The summed E-state index contributed by atoms with van der Waals surface area (Å²) in [5.41, 5.74) is 2.48. The van der Waals surface area contributed by atoms with E-state index in [1.165, 1.54) is 30.9 Å². The molecule has 0 spiro atoms. The van der Waals surface area contributed by atoms with Crippen LogP contribution < -0.4 is 10.1 Å². The number of aromatic nitrogens is 2. The van der Waals surface area contributed by atoms with Gasteiger partial charge in [0.25, 0.3) is 10.0 Å². The highest BCUT2D eigenvalue weighted by molar-refractivity contribution is 7.90. The first-order chi connectivity index (χ1) is 18.7. The van der Waals surface area contributed by atoms with E-state index in [9.17, 15) is 13.2 Å². The van der Waals surface area contributed by atoms with Crippen molar-refractivity contribution in [3.63, 3.8) is 0 Å². The van der Waals surface area contributed by atoms with Gasteiger partial charge in [-0.05, 0) is 74.6 Å². The number of rotatable bonds is 8. The molecule has 0 bridgehead atoms. The molecule has 0 saturated heterocycles. The van der Waals surface area contributed by atoms with Crippen molar-refractivity contribution in [1.82, 2.24) is 14.3 Å². The maximum atomic E-state index is 15.0. The number of carbonyl (C=O) groups excluding carboxylic acids is 1. The third-order valence-electron chi connectivity index (χ3n) is 7.21. The minimum Gasteiger partial charge on any atom is -0.453 e. The van der Waals surface area contributed by atoms with Gasteiger partial charge in [-0.3, -0.25) is 4.79 Å². The van der Waals surface area contributed by atoms with Crippen molar-refractivity contribution in [2.75, 3.05) is 0 Å². The number of aryl methyl sites for hydroxylation is 3. The summed E-state index contributed by atoms with van der Waals surface area (Å²) in [5.74, 6) is -0.266. The lowest BCUT2D eigenvalue weighted by molar-refractivity contribution is -0.121. The molecule has 1 aliphatic carbocycles. The van der Waals surface area contributed by atoms with E-state index in [2.05, 4.69) is 10.3 Å². The first-order valence-electron chi connectivity index (χ1n) is 13.3. The van der Waals surface area contributed by atoms with Crippen LogP contribution in [0.3, 0.4) is 0 Å². The van der Waals surface area contributed by atoms with E-state index in [-0.39, 0.29) is 28.2 Å². The van der Waals surface area contributed by atoms with Crippen molar-refractivity contribution >= 4 is 27.0 Å². The molecular weight excluding hydrogens is 517 g/mol. The minimum absolute atomic E-state index is 0.00597. The molecule has 2 aromatic heterocycles. The number of fused-ring (bicyclic) bond motifs is 1. The van der Waals surface area contributed by atoms with E-state index in [4.69, 9.17) is 4.74 Å². The van der Waals surface area contributed by atoms with Crippen LogP contribution in [0.1, 0.15) is 55.2 Å². The highest BCUT2D eigenvalue weighted by Crippen LogP contribution is 2.35. The summed E-state index contributed by atoms with van der Waals surface area (Å²) in [6.07, 6.45) is 9.22. The van der Waals surface area contributed by atoms with E-state index in [1.54, 1.807) is 43.3 Å². The Labute approximate surface area is 228 Å². The predicted octanol–water partition coefficient (Wildman–Crippen LogP) is 6.20. The zero-order valence-electron chi connectivity index (χ0n) is 22.1. The fourth-order valence-electron chi connectivity index (χ4n) is 5.07. The molecule has 7 nitrogen and oxygen atoms in total. The van der Waals surface area contributed by atoms with Crippen LogP contribution in [-0.4, -0.2) is 29.3 Å². The topological polar surface area (TPSA) is 90.3 Å². The Morgan fingerprint density at radius 1 is 1.05 bits per heavy atom. The largest absolute Gasteiger partial charge is 0.453 e. The molecule has 1 aliphatic rings.